The maximum absolute atomic E-state index is 11.8. The van der Waals surface area contributed by atoms with Crippen LogP contribution >= 0.6 is 0 Å². The predicted molar refractivity (Wildman–Crippen MR) is 84.0 cm³/mol. The summed E-state index contributed by atoms with van der Waals surface area (Å²) in [6.07, 6.45) is 8.90. The molecule has 2 rings (SSSR count). The van der Waals surface area contributed by atoms with E-state index in [1.54, 1.807) is 6.07 Å². The molecular weight excluding hydrogens is 286 g/mol. The number of rotatable bonds is 7. The van der Waals surface area contributed by atoms with Gasteiger partial charge in [-0.25, -0.2) is 8.42 Å². The monoisotopic (exact) mass is 309 g/mol. The van der Waals surface area contributed by atoms with Crippen molar-refractivity contribution in [3.63, 3.8) is 0 Å². The molecule has 0 saturated heterocycles. The molecule has 0 radical (unpaired) electrons. The number of allylic oxidation sites excluding steroid dienone is 1. The summed E-state index contributed by atoms with van der Waals surface area (Å²) in [4.78, 5) is 0. The number of hydrogen-bond acceptors (Lipinski definition) is 5. The number of hydrogen-bond donors (Lipinski definition) is 1. The quantitative estimate of drug-likeness (QED) is 0.784. The zero-order valence-corrected chi connectivity index (χ0v) is 13.3. The molecule has 0 bridgehead atoms. The molecule has 1 N–H and O–H groups in total. The predicted octanol–water partition coefficient (Wildman–Crippen LogP) is 2.96. The Morgan fingerprint density at radius 3 is 2.71 bits per heavy atom. The number of nitrogens with zero attached hydrogens (tertiary/aromatic N) is 2. The first kappa shape index (κ1) is 15.9. The first-order valence-corrected chi connectivity index (χ1v) is 9.25. The first-order chi connectivity index (χ1) is 10.1. The van der Waals surface area contributed by atoms with Crippen molar-refractivity contribution in [1.82, 2.24) is 10.2 Å². The molecule has 0 unspecified atom stereocenters. The van der Waals surface area contributed by atoms with Gasteiger partial charge < -0.3 is 5.32 Å². The Balaban J connectivity index is 1.86. The molecule has 0 aliphatic heterocycles. The van der Waals surface area contributed by atoms with Crippen LogP contribution in [0.5, 0.6) is 0 Å². The minimum Gasteiger partial charge on any atom is -0.368 e. The van der Waals surface area contributed by atoms with E-state index in [4.69, 9.17) is 0 Å². The topological polar surface area (TPSA) is 72.0 Å². The van der Waals surface area contributed by atoms with Crippen molar-refractivity contribution in [2.45, 2.75) is 50.5 Å². The fourth-order valence-electron chi connectivity index (χ4n) is 2.44. The van der Waals surface area contributed by atoms with Gasteiger partial charge in [-0.2, -0.15) is 0 Å². The van der Waals surface area contributed by atoms with Crippen LogP contribution in [0.1, 0.15) is 45.4 Å². The lowest BCUT2D eigenvalue weighted by Crippen LogP contribution is -2.11. The highest BCUT2D eigenvalue weighted by atomic mass is 32.2. The second-order valence-electron chi connectivity index (χ2n) is 5.36. The van der Waals surface area contributed by atoms with E-state index < -0.39 is 9.84 Å². The van der Waals surface area contributed by atoms with Gasteiger partial charge in [0.15, 0.2) is 14.9 Å². The summed E-state index contributed by atoms with van der Waals surface area (Å²) in [5.41, 5.74) is 1.50. The van der Waals surface area contributed by atoms with Gasteiger partial charge >= 0.3 is 0 Å². The van der Waals surface area contributed by atoms with E-state index in [0.717, 1.165) is 13.0 Å². The summed E-state index contributed by atoms with van der Waals surface area (Å²) in [5.74, 6) is 0.740. The minimum atomic E-state index is -3.28. The second-order valence-corrected chi connectivity index (χ2v) is 7.42. The van der Waals surface area contributed by atoms with E-state index in [1.807, 2.05) is 6.92 Å². The molecular formula is C15H23N3O2S. The summed E-state index contributed by atoms with van der Waals surface area (Å²) in [7, 11) is -3.28. The van der Waals surface area contributed by atoms with Crippen LogP contribution in [0.4, 0.5) is 5.82 Å². The summed E-state index contributed by atoms with van der Waals surface area (Å²) < 4.78 is 23.7. The standard InChI is InChI=1S/C15H23N3O2S/c1-2-12-21(19,20)15-9-8-14(17-18-15)16-11-10-13-6-4-3-5-7-13/h6,8-9H,2-5,7,10-12H2,1H3,(H,16,17). The van der Waals surface area contributed by atoms with Gasteiger partial charge in [0.25, 0.3) is 0 Å². The lowest BCUT2D eigenvalue weighted by atomic mass is 9.97. The maximum Gasteiger partial charge on any atom is 0.197 e. The Labute approximate surface area is 126 Å². The zero-order chi connectivity index (χ0) is 15.1. The highest BCUT2D eigenvalue weighted by Crippen LogP contribution is 2.20. The van der Waals surface area contributed by atoms with E-state index in [2.05, 4.69) is 21.6 Å². The van der Waals surface area contributed by atoms with Crippen LogP contribution in [-0.4, -0.2) is 30.9 Å². The molecule has 1 aromatic rings. The van der Waals surface area contributed by atoms with Gasteiger partial charge in [-0.1, -0.05) is 18.6 Å². The molecule has 1 aromatic heterocycles. The largest absolute Gasteiger partial charge is 0.368 e. The Morgan fingerprint density at radius 1 is 1.24 bits per heavy atom. The van der Waals surface area contributed by atoms with E-state index in [9.17, 15) is 8.42 Å². The van der Waals surface area contributed by atoms with E-state index in [0.29, 0.717) is 12.2 Å². The zero-order valence-electron chi connectivity index (χ0n) is 12.5. The van der Waals surface area contributed by atoms with Crippen LogP contribution in [0.25, 0.3) is 0 Å². The third kappa shape index (κ3) is 4.81. The first-order valence-electron chi connectivity index (χ1n) is 7.60. The van der Waals surface area contributed by atoms with Crippen molar-refractivity contribution in [2.24, 2.45) is 0 Å². The Bertz CT molecular complexity index is 579. The highest BCUT2D eigenvalue weighted by molar-refractivity contribution is 7.91. The van der Waals surface area contributed by atoms with Crippen molar-refractivity contribution in [3.05, 3.63) is 23.8 Å². The minimum absolute atomic E-state index is 0.0601. The van der Waals surface area contributed by atoms with Crippen molar-refractivity contribution in [3.8, 4) is 0 Å². The van der Waals surface area contributed by atoms with Crippen molar-refractivity contribution >= 4 is 15.7 Å². The number of anilines is 1. The van der Waals surface area contributed by atoms with Crippen LogP contribution in [0.15, 0.2) is 28.8 Å². The molecule has 5 nitrogen and oxygen atoms in total. The highest BCUT2D eigenvalue weighted by Gasteiger charge is 2.15. The fourth-order valence-corrected chi connectivity index (χ4v) is 3.62. The smallest absolute Gasteiger partial charge is 0.197 e. The molecule has 1 heterocycles. The molecule has 0 fully saturated rings. The van der Waals surface area contributed by atoms with Gasteiger partial charge in [-0.3, -0.25) is 0 Å². The third-order valence-corrected chi connectivity index (χ3v) is 5.37. The number of nitrogens with one attached hydrogen (secondary N) is 1. The number of sulfone groups is 1. The second kappa shape index (κ2) is 7.54. The van der Waals surface area contributed by atoms with Crippen molar-refractivity contribution in [2.75, 3.05) is 17.6 Å². The van der Waals surface area contributed by atoms with Crippen LogP contribution in [0.3, 0.4) is 0 Å². The molecule has 0 spiro atoms. The molecule has 21 heavy (non-hydrogen) atoms. The third-order valence-electron chi connectivity index (χ3n) is 3.57. The van der Waals surface area contributed by atoms with Crippen molar-refractivity contribution < 1.29 is 8.42 Å². The Morgan fingerprint density at radius 2 is 2.10 bits per heavy atom. The lowest BCUT2D eigenvalue weighted by molar-refractivity contribution is 0.589. The van der Waals surface area contributed by atoms with E-state index in [1.165, 1.54) is 37.3 Å². The molecule has 0 aromatic carbocycles. The Hall–Kier alpha value is -1.43. The Kier molecular flexibility index (Phi) is 5.73. The lowest BCUT2D eigenvalue weighted by Gasteiger charge is -2.13. The van der Waals surface area contributed by atoms with Crippen LogP contribution in [0, 0.1) is 0 Å². The summed E-state index contributed by atoms with van der Waals surface area (Å²) >= 11 is 0. The van der Waals surface area contributed by atoms with Crippen LogP contribution in [-0.2, 0) is 9.84 Å². The summed E-state index contributed by atoms with van der Waals surface area (Å²) in [6, 6.07) is 3.21. The molecule has 0 amide bonds. The van der Waals surface area contributed by atoms with E-state index >= 15 is 0 Å². The van der Waals surface area contributed by atoms with Gasteiger partial charge in [-0.05, 0) is 50.7 Å². The normalized spacial score (nSPS) is 15.6. The molecule has 1 aliphatic carbocycles. The van der Waals surface area contributed by atoms with Gasteiger partial charge in [0.05, 0.1) is 5.75 Å². The van der Waals surface area contributed by atoms with Crippen LogP contribution < -0.4 is 5.32 Å². The summed E-state index contributed by atoms with van der Waals surface area (Å²) in [5, 5.41) is 11.0. The maximum atomic E-state index is 11.8. The fraction of sp³-hybridized carbons (Fsp3) is 0.600. The average molecular weight is 309 g/mol. The van der Waals surface area contributed by atoms with Gasteiger partial charge in [0.1, 0.15) is 5.82 Å². The average Bonchev–Trinajstić information content (AvgIpc) is 2.49. The van der Waals surface area contributed by atoms with E-state index in [-0.39, 0.29) is 10.8 Å². The molecule has 116 valence electrons. The molecule has 0 atom stereocenters. The SMILES string of the molecule is CCCS(=O)(=O)c1ccc(NCCC2=CCCCC2)nn1. The summed E-state index contributed by atoms with van der Waals surface area (Å²) in [6.45, 7) is 2.64. The molecule has 1 aliphatic rings. The van der Waals surface area contributed by atoms with Gasteiger partial charge in [0.2, 0.25) is 0 Å². The number of aromatic nitrogens is 2. The van der Waals surface area contributed by atoms with Gasteiger partial charge in [0, 0.05) is 6.54 Å². The molecule has 6 heteroatoms. The van der Waals surface area contributed by atoms with Crippen molar-refractivity contribution in [1.29, 1.82) is 0 Å². The van der Waals surface area contributed by atoms with Crippen LogP contribution in [0.2, 0.25) is 0 Å². The van der Waals surface area contributed by atoms with Gasteiger partial charge in [-0.15, -0.1) is 10.2 Å². The molecule has 0 saturated carbocycles.